The number of esters is 1. The Morgan fingerprint density at radius 3 is 1.73 bits per heavy atom. The molecule has 168 valence electrons. The number of nitriles is 1. The van der Waals surface area contributed by atoms with E-state index in [2.05, 4.69) is 11.4 Å². The van der Waals surface area contributed by atoms with E-state index in [0.29, 0.717) is 19.3 Å². The summed E-state index contributed by atoms with van der Waals surface area (Å²) in [5.74, 6) is -0.773. The zero-order valence-electron chi connectivity index (χ0n) is 18.7. The molecule has 0 fully saturated rings. The Bertz CT molecular complexity index is 980. The number of carbonyl (C=O) groups is 2. The number of ether oxygens (including phenoxy) is 1. The van der Waals surface area contributed by atoms with Gasteiger partial charge in [0.25, 0.3) is 0 Å². The molecular formula is C28H28N2O3. The van der Waals surface area contributed by atoms with Crippen LogP contribution in [0.25, 0.3) is 0 Å². The highest BCUT2D eigenvalue weighted by atomic mass is 16.5. The smallest absolute Gasteiger partial charge is 0.328 e. The molecule has 1 amide bonds. The third kappa shape index (κ3) is 5.67. The number of nitrogens with zero attached hydrogens (tertiary/aromatic N) is 1. The Morgan fingerprint density at radius 1 is 0.879 bits per heavy atom. The van der Waals surface area contributed by atoms with Crippen LogP contribution in [0, 0.1) is 11.3 Å². The Balaban J connectivity index is 2.04. The molecule has 0 saturated heterocycles. The van der Waals surface area contributed by atoms with E-state index in [1.54, 1.807) is 0 Å². The summed E-state index contributed by atoms with van der Waals surface area (Å²) >= 11 is 0. The van der Waals surface area contributed by atoms with E-state index in [-0.39, 0.29) is 12.3 Å². The Hall–Kier alpha value is -3.91. The third-order valence-electron chi connectivity index (χ3n) is 5.83. The van der Waals surface area contributed by atoms with Crippen LogP contribution in [0.5, 0.6) is 0 Å². The van der Waals surface area contributed by atoms with Crippen molar-refractivity contribution in [1.82, 2.24) is 5.32 Å². The Morgan fingerprint density at radius 2 is 1.33 bits per heavy atom. The highest BCUT2D eigenvalue weighted by Gasteiger charge is 2.39. The maximum Gasteiger partial charge on any atom is 0.328 e. The molecule has 0 aliphatic heterocycles. The molecule has 0 aliphatic rings. The largest absolute Gasteiger partial charge is 0.467 e. The number of rotatable bonds is 10. The lowest BCUT2D eigenvalue weighted by Crippen LogP contribution is -2.45. The third-order valence-corrected chi connectivity index (χ3v) is 5.83. The van der Waals surface area contributed by atoms with Gasteiger partial charge in [-0.2, -0.15) is 5.26 Å². The highest BCUT2D eigenvalue weighted by molar-refractivity contribution is 5.86. The summed E-state index contributed by atoms with van der Waals surface area (Å²) in [6.07, 6.45) is 1.26. The molecule has 3 aromatic carbocycles. The van der Waals surface area contributed by atoms with Gasteiger partial charge in [0, 0.05) is 12.8 Å². The second-order valence-electron chi connectivity index (χ2n) is 7.87. The van der Waals surface area contributed by atoms with Crippen molar-refractivity contribution < 1.29 is 14.3 Å². The quantitative estimate of drug-likeness (QED) is 0.280. The van der Waals surface area contributed by atoms with Crippen molar-refractivity contribution in [3.05, 3.63) is 108 Å². The van der Waals surface area contributed by atoms with Crippen LogP contribution in [0.2, 0.25) is 0 Å². The van der Waals surface area contributed by atoms with Gasteiger partial charge in [0.1, 0.15) is 6.04 Å². The van der Waals surface area contributed by atoms with Crippen molar-refractivity contribution in [2.45, 2.75) is 37.1 Å². The van der Waals surface area contributed by atoms with Crippen molar-refractivity contribution in [3.63, 3.8) is 0 Å². The maximum absolute atomic E-state index is 13.5. The van der Waals surface area contributed by atoms with Crippen molar-refractivity contribution in [3.8, 4) is 6.07 Å². The standard InChI is InChI=1S/C28H28N2O3/c1-33-27(32)25(19-11-12-20-29)30-26(31)21-28(22-13-5-2-6-14-22,23-15-7-3-8-16-23)24-17-9-4-10-18-24/h2-10,13-18,25H,11-12,19,21H2,1H3,(H,30,31)/t25-/m0/s1. The van der Waals surface area contributed by atoms with Gasteiger partial charge in [-0.25, -0.2) is 4.79 Å². The molecule has 0 heterocycles. The second-order valence-corrected chi connectivity index (χ2v) is 7.87. The van der Waals surface area contributed by atoms with E-state index in [0.717, 1.165) is 16.7 Å². The highest BCUT2D eigenvalue weighted by Crippen LogP contribution is 2.42. The van der Waals surface area contributed by atoms with Crippen LogP contribution >= 0.6 is 0 Å². The van der Waals surface area contributed by atoms with Crippen LogP contribution in [-0.4, -0.2) is 25.0 Å². The normalized spacial score (nSPS) is 11.8. The van der Waals surface area contributed by atoms with Gasteiger partial charge >= 0.3 is 5.97 Å². The summed E-state index contributed by atoms with van der Waals surface area (Å²) in [5.41, 5.74) is 2.20. The Kier molecular flexibility index (Phi) is 8.37. The summed E-state index contributed by atoms with van der Waals surface area (Å²) in [4.78, 5) is 25.8. The van der Waals surface area contributed by atoms with Gasteiger partial charge in [0.15, 0.2) is 0 Å². The van der Waals surface area contributed by atoms with Crippen molar-refractivity contribution in [1.29, 1.82) is 5.26 Å². The first-order chi connectivity index (χ1) is 16.1. The maximum atomic E-state index is 13.5. The molecule has 3 rings (SSSR count). The summed E-state index contributed by atoms with van der Waals surface area (Å²) in [5, 5.41) is 11.7. The Labute approximate surface area is 195 Å². The van der Waals surface area contributed by atoms with Crippen molar-refractivity contribution >= 4 is 11.9 Å². The van der Waals surface area contributed by atoms with E-state index in [4.69, 9.17) is 10.00 Å². The minimum atomic E-state index is -0.795. The van der Waals surface area contributed by atoms with Gasteiger partial charge in [0.2, 0.25) is 5.91 Å². The van der Waals surface area contributed by atoms with Gasteiger partial charge in [-0.3, -0.25) is 4.79 Å². The van der Waals surface area contributed by atoms with E-state index in [1.165, 1.54) is 7.11 Å². The number of methoxy groups -OCH3 is 1. The minimum Gasteiger partial charge on any atom is -0.467 e. The molecule has 0 saturated carbocycles. The molecule has 3 aromatic rings. The van der Waals surface area contributed by atoms with Gasteiger partial charge in [-0.1, -0.05) is 91.0 Å². The summed E-state index contributed by atoms with van der Waals surface area (Å²) in [6, 6.07) is 31.1. The lowest BCUT2D eigenvalue weighted by Gasteiger charge is -2.36. The number of unbranched alkanes of at least 4 members (excludes halogenated alkanes) is 1. The molecule has 1 N–H and O–H groups in total. The van der Waals surface area contributed by atoms with Crippen LogP contribution in [-0.2, 0) is 19.7 Å². The number of hydrogen-bond donors (Lipinski definition) is 1. The van der Waals surface area contributed by atoms with Crippen LogP contribution in [0.4, 0.5) is 0 Å². The number of amides is 1. The zero-order valence-corrected chi connectivity index (χ0v) is 18.7. The van der Waals surface area contributed by atoms with Gasteiger partial charge in [-0.15, -0.1) is 0 Å². The number of benzene rings is 3. The van der Waals surface area contributed by atoms with E-state index >= 15 is 0 Å². The second kappa shape index (κ2) is 11.6. The average Bonchev–Trinajstić information content (AvgIpc) is 2.88. The van der Waals surface area contributed by atoms with Crippen LogP contribution in [0.1, 0.15) is 42.4 Å². The molecule has 1 atom stereocenters. The van der Waals surface area contributed by atoms with Gasteiger partial charge in [0.05, 0.1) is 18.6 Å². The molecule has 0 unspecified atom stereocenters. The predicted octanol–water partition coefficient (Wildman–Crippen LogP) is 4.76. The first-order valence-electron chi connectivity index (χ1n) is 11.0. The van der Waals surface area contributed by atoms with E-state index < -0.39 is 17.4 Å². The lowest BCUT2D eigenvalue weighted by atomic mass is 9.67. The molecule has 0 radical (unpaired) electrons. The van der Waals surface area contributed by atoms with Gasteiger partial charge in [-0.05, 0) is 29.5 Å². The van der Waals surface area contributed by atoms with E-state index in [9.17, 15) is 9.59 Å². The fourth-order valence-corrected chi connectivity index (χ4v) is 4.24. The first kappa shape index (κ1) is 23.7. The monoisotopic (exact) mass is 440 g/mol. The molecule has 5 nitrogen and oxygen atoms in total. The fourth-order valence-electron chi connectivity index (χ4n) is 4.24. The molecule has 5 heteroatoms. The predicted molar refractivity (Wildman–Crippen MR) is 127 cm³/mol. The molecule has 0 spiro atoms. The van der Waals surface area contributed by atoms with Crippen molar-refractivity contribution in [2.75, 3.05) is 7.11 Å². The zero-order chi connectivity index (χ0) is 23.5. The number of nitrogens with one attached hydrogen (secondary N) is 1. The summed E-state index contributed by atoms with van der Waals surface area (Å²) in [6.45, 7) is 0. The van der Waals surface area contributed by atoms with Crippen LogP contribution < -0.4 is 5.32 Å². The molecule has 0 bridgehead atoms. The number of hydrogen-bond acceptors (Lipinski definition) is 4. The van der Waals surface area contributed by atoms with Crippen LogP contribution in [0.15, 0.2) is 91.0 Å². The average molecular weight is 441 g/mol. The first-order valence-corrected chi connectivity index (χ1v) is 11.0. The molecule has 33 heavy (non-hydrogen) atoms. The van der Waals surface area contributed by atoms with Crippen molar-refractivity contribution in [2.24, 2.45) is 0 Å². The SMILES string of the molecule is COC(=O)[C@H](CCCC#N)NC(=O)CC(c1ccccc1)(c1ccccc1)c1ccccc1. The molecule has 0 aromatic heterocycles. The summed E-state index contributed by atoms with van der Waals surface area (Å²) < 4.78 is 4.89. The molecule has 0 aliphatic carbocycles. The van der Waals surface area contributed by atoms with Gasteiger partial charge < -0.3 is 10.1 Å². The lowest BCUT2D eigenvalue weighted by molar-refractivity contribution is -0.145. The molecular weight excluding hydrogens is 412 g/mol. The minimum absolute atomic E-state index is 0.108. The number of carbonyl (C=O) groups excluding carboxylic acids is 2. The topological polar surface area (TPSA) is 79.2 Å². The van der Waals surface area contributed by atoms with Crippen LogP contribution in [0.3, 0.4) is 0 Å². The fraction of sp³-hybridized carbons (Fsp3) is 0.250. The van der Waals surface area contributed by atoms with E-state index in [1.807, 2.05) is 91.0 Å². The summed E-state index contributed by atoms with van der Waals surface area (Å²) in [7, 11) is 1.30.